The highest BCUT2D eigenvalue weighted by atomic mass is 16.5. The Kier molecular flexibility index (Phi) is 4.80. The largest absolute Gasteiger partial charge is 0.497 e. The van der Waals surface area contributed by atoms with Crippen molar-refractivity contribution < 1.29 is 19.4 Å². The summed E-state index contributed by atoms with van der Waals surface area (Å²) in [5, 5.41) is 13.1. The predicted octanol–water partition coefficient (Wildman–Crippen LogP) is 1.98. The lowest BCUT2D eigenvalue weighted by atomic mass is 9.73. The lowest BCUT2D eigenvalue weighted by molar-refractivity contribution is -0.151. The molecule has 2 aliphatic rings. The van der Waals surface area contributed by atoms with Crippen LogP contribution >= 0.6 is 0 Å². The first-order chi connectivity index (χ1) is 13.6. The van der Waals surface area contributed by atoms with Crippen LogP contribution in [-0.2, 0) is 11.3 Å². The van der Waals surface area contributed by atoms with E-state index < -0.39 is 11.4 Å². The van der Waals surface area contributed by atoms with Crippen molar-refractivity contribution in [3.63, 3.8) is 0 Å². The van der Waals surface area contributed by atoms with Crippen LogP contribution in [0.1, 0.15) is 24.0 Å². The molecule has 0 saturated carbocycles. The van der Waals surface area contributed by atoms with Crippen LogP contribution in [0.15, 0.2) is 30.6 Å². The lowest BCUT2D eigenvalue weighted by Gasteiger charge is -2.36. The predicted molar refractivity (Wildman–Crippen MR) is 103 cm³/mol. The zero-order valence-corrected chi connectivity index (χ0v) is 16.0. The summed E-state index contributed by atoms with van der Waals surface area (Å²) in [6, 6.07) is 5.61. The van der Waals surface area contributed by atoms with Crippen molar-refractivity contribution in [3.05, 3.63) is 41.7 Å². The van der Waals surface area contributed by atoms with Crippen molar-refractivity contribution in [1.82, 2.24) is 14.9 Å². The number of hydrogen-bond donors (Lipinski definition) is 2. The number of aliphatic carboxylic acids is 1. The minimum atomic E-state index is -0.952. The van der Waals surface area contributed by atoms with E-state index in [9.17, 15) is 9.90 Å². The van der Waals surface area contributed by atoms with Gasteiger partial charge in [-0.3, -0.25) is 9.69 Å². The maximum atomic E-state index is 12.2. The van der Waals surface area contributed by atoms with Crippen molar-refractivity contribution in [3.8, 4) is 11.5 Å². The molecule has 148 valence electrons. The summed E-state index contributed by atoms with van der Waals surface area (Å²) in [5.74, 6) is 1.05. The molecule has 1 saturated heterocycles. The summed E-state index contributed by atoms with van der Waals surface area (Å²) in [7, 11) is 1.60. The molecule has 8 heteroatoms. The topological polar surface area (TPSA) is 96.8 Å². The third-order valence-corrected chi connectivity index (χ3v) is 5.57. The van der Waals surface area contributed by atoms with Gasteiger partial charge < -0.3 is 19.9 Å². The van der Waals surface area contributed by atoms with Gasteiger partial charge in [0.15, 0.2) is 0 Å². The van der Waals surface area contributed by atoms with Crippen molar-refractivity contribution in [2.45, 2.75) is 19.4 Å². The average Bonchev–Trinajstić information content (AvgIpc) is 3.09. The number of hydrogen-bond acceptors (Lipinski definition) is 7. The third-order valence-electron chi connectivity index (χ3n) is 5.57. The summed E-state index contributed by atoms with van der Waals surface area (Å²) in [4.78, 5) is 23.0. The van der Waals surface area contributed by atoms with Crippen molar-refractivity contribution in [1.29, 1.82) is 0 Å². The number of anilines is 1. The Morgan fingerprint density at radius 3 is 2.89 bits per heavy atom. The molecule has 0 aliphatic carbocycles. The van der Waals surface area contributed by atoms with E-state index in [-0.39, 0.29) is 12.5 Å². The number of aromatic nitrogens is 2. The van der Waals surface area contributed by atoms with Gasteiger partial charge in [-0.15, -0.1) is 0 Å². The second kappa shape index (κ2) is 7.27. The first kappa shape index (κ1) is 18.5. The van der Waals surface area contributed by atoms with E-state index >= 15 is 0 Å². The van der Waals surface area contributed by atoms with Gasteiger partial charge in [0.1, 0.15) is 23.5 Å². The quantitative estimate of drug-likeness (QED) is 0.780. The first-order valence-electron chi connectivity index (χ1n) is 9.37. The van der Waals surface area contributed by atoms with Gasteiger partial charge in [0.05, 0.1) is 7.11 Å². The van der Waals surface area contributed by atoms with Gasteiger partial charge in [-0.05, 0) is 13.0 Å². The minimum absolute atomic E-state index is 0.137. The summed E-state index contributed by atoms with van der Waals surface area (Å²) >= 11 is 0. The highest BCUT2D eigenvalue weighted by Gasteiger charge is 2.56. The number of nitrogens with zero attached hydrogens (tertiary/aromatic N) is 3. The number of methoxy groups -OCH3 is 1. The maximum Gasteiger partial charge on any atom is 0.315 e. The SMILES string of the molecule is CCNc1ncc(CN2CC3c4ccc(OC)cc4OC[C@]3(C(=O)O)C2)cn1. The number of carboxylic acids is 1. The molecule has 28 heavy (non-hydrogen) atoms. The van der Waals surface area contributed by atoms with Crippen molar-refractivity contribution in [2.75, 3.05) is 38.7 Å². The molecule has 0 bridgehead atoms. The van der Waals surface area contributed by atoms with Crippen LogP contribution in [0.25, 0.3) is 0 Å². The molecule has 3 heterocycles. The number of carboxylic acid groups (broad SMARTS) is 1. The van der Waals surface area contributed by atoms with Gasteiger partial charge >= 0.3 is 5.97 Å². The molecule has 2 aromatic rings. The fraction of sp³-hybridized carbons (Fsp3) is 0.450. The van der Waals surface area contributed by atoms with E-state index in [0.29, 0.717) is 37.1 Å². The van der Waals surface area contributed by atoms with Crippen molar-refractivity contribution in [2.24, 2.45) is 5.41 Å². The second-order valence-corrected chi connectivity index (χ2v) is 7.32. The van der Waals surface area contributed by atoms with Crippen LogP contribution in [-0.4, -0.2) is 59.3 Å². The summed E-state index contributed by atoms with van der Waals surface area (Å²) in [5.41, 5.74) is 0.930. The number of rotatable bonds is 6. The Hall–Kier alpha value is -2.87. The molecular formula is C20H24N4O4. The van der Waals surface area contributed by atoms with E-state index in [1.165, 1.54) is 0 Å². The van der Waals surface area contributed by atoms with Crippen LogP contribution in [0, 0.1) is 5.41 Å². The van der Waals surface area contributed by atoms with Gasteiger partial charge in [0.25, 0.3) is 0 Å². The molecule has 1 fully saturated rings. The van der Waals surface area contributed by atoms with Crippen LogP contribution < -0.4 is 14.8 Å². The highest BCUT2D eigenvalue weighted by Crippen LogP contribution is 2.50. The zero-order chi connectivity index (χ0) is 19.7. The number of benzene rings is 1. The van der Waals surface area contributed by atoms with E-state index in [0.717, 1.165) is 17.7 Å². The summed E-state index contributed by atoms with van der Waals surface area (Å²) in [6.45, 7) is 4.57. The van der Waals surface area contributed by atoms with E-state index in [1.807, 2.05) is 25.1 Å². The number of carbonyl (C=O) groups is 1. The number of ether oxygens (including phenoxy) is 2. The standard InChI is InChI=1S/C20H24N4O4/c1-3-21-19-22-7-13(8-23-19)9-24-10-16-15-5-4-14(27-2)6-17(15)28-12-20(16,11-24)18(25)26/h4-8,16H,3,9-12H2,1-2H3,(H,25,26)(H,21,22,23)/t16?,20-/m1/s1. The monoisotopic (exact) mass is 384 g/mol. The molecule has 0 spiro atoms. The molecule has 4 rings (SSSR count). The highest BCUT2D eigenvalue weighted by molar-refractivity contribution is 5.78. The molecular weight excluding hydrogens is 360 g/mol. The van der Waals surface area contributed by atoms with Crippen LogP contribution in [0.2, 0.25) is 0 Å². The van der Waals surface area contributed by atoms with Crippen LogP contribution in [0.5, 0.6) is 11.5 Å². The summed E-state index contributed by atoms with van der Waals surface area (Å²) in [6.07, 6.45) is 3.57. The lowest BCUT2D eigenvalue weighted by Crippen LogP contribution is -2.45. The average molecular weight is 384 g/mol. The van der Waals surface area contributed by atoms with Crippen molar-refractivity contribution >= 4 is 11.9 Å². The number of likely N-dealkylation sites (tertiary alicyclic amines) is 1. The molecule has 1 aromatic carbocycles. The summed E-state index contributed by atoms with van der Waals surface area (Å²) < 4.78 is 11.1. The smallest absolute Gasteiger partial charge is 0.315 e. The Morgan fingerprint density at radius 1 is 1.43 bits per heavy atom. The van der Waals surface area contributed by atoms with E-state index in [2.05, 4.69) is 20.2 Å². The van der Waals surface area contributed by atoms with Gasteiger partial charge in [-0.1, -0.05) is 6.07 Å². The van der Waals surface area contributed by atoms with Gasteiger partial charge in [0.2, 0.25) is 5.95 Å². The Balaban J connectivity index is 1.58. The molecule has 0 radical (unpaired) electrons. The van der Waals surface area contributed by atoms with Gasteiger partial charge in [-0.2, -0.15) is 0 Å². The normalized spacial score (nSPS) is 23.4. The number of nitrogens with one attached hydrogen (secondary N) is 1. The van der Waals surface area contributed by atoms with Crippen LogP contribution in [0.4, 0.5) is 5.95 Å². The van der Waals surface area contributed by atoms with Gasteiger partial charge in [0, 0.05) is 61.7 Å². The molecule has 8 nitrogen and oxygen atoms in total. The first-order valence-corrected chi connectivity index (χ1v) is 9.37. The zero-order valence-electron chi connectivity index (χ0n) is 16.0. The maximum absolute atomic E-state index is 12.2. The minimum Gasteiger partial charge on any atom is -0.497 e. The molecule has 1 aromatic heterocycles. The molecule has 1 unspecified atom stereocenters. The molecule has 2 N–H and O–H groups in total. The third kappa shape index (κ3) is 3.13. The fourth-order valence-corrected chi connectivity index (χ4v) is 4.15. The number of fused-ring (bicyclic) bond motifs is 3. The Labute approximate surface area is 163 Å². The Morgan fingerprint density at radius 2 is 2.21 bits per heavy atom. The van der Waals surface area contributed by atoms with Gasteiger partial charge in [-0.25, -0.2) is 9.97 Å². The Bertz CT molecular complexity index is 873. The van der Waals surface area contributed by atoms with E-state index in [1.54, 1.807) is 19.5 Å². The molecule has 2 aliphatic heterocycles. The van der Waals surface area contributed by atoms with Crippen LogP contribution in [0.3, 0.4) is 0 Å². The molecule has 2 atom stereocenters. The fourth-order valence-electron chi connectivity index (χ4n) is 4.15. The van der Waals surface area contributed by atoms with E-state index in [4.69, 9.17) is 9.47 Å². The molecule has 0 amide bonds. The second-order valence-electron chi connectivity index (χ2n) is 7.32.